The van der Waals surface area contributed by atoms with Gasteiger partial charge in [0.1, 0.15) is 0 Å². The summed E-state index contributed by atoms with van der Waals surface area (Å²) in [6.07, 6.45) is 1.66. The van der Waals surface area contributed by atoms with Crippen LogP contribution in [0.4, 0.5) is 17.5 Å². The zero-order valence-electron chi connectivity index (χ0n) is 11.0. The highest BCUT2D eigenvalue weighted by molar-refractivity contribution is 6.33. The van der Waals surface area contributed by atoms with Gasteiger partial charge in [0.25, 0.3) is 0 Å². The normalized spacial score (nSPS) is 10.3. The monoisotopic (exact) mass is 277 g/mol. The van der Waals surface area contributed by atoms with E-state index < -0.39 is 0 Å². The lowest BCUT2D eigenvalue weighted by atomic mass is 10.3. The Hall–Kier alpha value is -1.88. The van der Waals surface area contributed by atoms with Gasteiger partial charge in [-0.2, -0.15) is 10.1 Å². The molecule has 0 saturated heterocycles. The molecule has 0 aliphatic carbocycles. The first-order valence-electron chi connectivity index (χ1n) is 6.20. The van der Waals surface area contributed by atoms with E-state index >= 15 is 0 Å². The number of halogens is 1. The van der Waals surface area contributed by atoms with Gasteiger partial charge in [-0.15, -0.1) is 5.10 Å². The van der Waals surface area contributed by atoms with E-state index in [0.29, 0.717) is 11.0 Å². The molecule has 1 N–H and O–H groups in total. The second-order valence-electron chi connectivity index (χ2n) is 3.92. The van der Waals surface area contributed by atoms with Gasteiger partial charge in [-0.05, 0) is 26.0 Å². The maximum atomic E-state index is 6.08. The van der Waals surface area contributed by atoms with Crippen molar-refractivity contribution in [3.63, 3.8) is 0 Å². The van der Waals surface area contributed by atoms with Crippen molar-refractivity contribution in [1.82, 2.24) is 15.2 Å². The topological polar surface area (TPSA) is 53.9 Å². The van der Waals surface area contributed by atoms with Crippen LogP contribution in [0.15, 0.2) is 30.5 Å². The zero-order valence-corrected chi connectivity index (χ0v) is 11.7. The molecule has 6 heteroatoms. The average Bonchev–Trinajstić information content (AvgIpc) is 2.43. The Kier molecular flexibility index (Phi) is 4.52. The Morgan fingerprint density at radius 1 is 1.21 bits per heavy atom. The van der Waals surface area contributed by atoms with E-state index in [-0.39, 0.29) is 0 Å². The Balaban J connectivity index is 2.22. The van der Waals surface area contributed by atoms with Crippen molar-refractivity contribution in [2.75, 3.05) is 23.3 Å². The summed E-state index contributed by atoms with van der Waals surface area (Å²) in [5.41, 5.74) is 0.766. The van der Waals surface area contributed by atoms with Crippen molar-refractivity contribution in [3.8, 4) is 0 Å². The fourth-order valence-electron chi connectivity index (χ4n) is 1.73. The van der Waals surface area contributed by atoms with Crippen LogP contribution in [0.2, 0.25) is 5.02 Å². The Labute approximate surface area is 117 Å². The summed E-state index contributed by atoms with van der Waals surface area (Å²) in [6, 6.07) is 7.45. The molecule has 0 saturated carbocycles. The molecule has 0 aliphatic heterocycles. The first kappa shape index (κ1) is 13.5. The first-order valence-corrected chi connectivity index (χ1v) is 6.58. The van der Waals surface area contributed by atoms with Gasteiger partial charge in [0.2, 0.25) is 5.95 Å². The molecule has 0 aliphatic rings. The van der Waals surface area contributed by atoms with Gasteiger partial charge < -0.3 is 10.2 Å². The van der Waals surface area contributed by atoms with Gasteiger partial charge in [-0.3, -0.25) is 0 Å². The summed E-state index contributed by atoms with van der Waals surface area (Å²) in [5, 5.41) is 11.6. The molecule has 1 aromatic heterocycles. The first-order chi connectivity index (χ1) is 9.24. The van der Waals surface area contributed by atoms with Crippen molar-refractivity contribution in [3.05, 3.63) is 35.5 Å². The van der Waals surface area contributed by atoms with E-state index in [0.717, 1.165) is 24.6 Å². The Morgan fingerprint density at radius 3 is 2.63 bits per heavy atom. The Morgan fingerprint density at radius 2 is 1.95 bits per heavy atom. The summed E-state index contributed by atoms with van der Waals surface area (Å²) < 4.78 is 0. The summed E-state index contributed by atoms with van der Waals surface area (Å²) in [6.45, 7) is 5.90. The lowest BCUT2D eigenvalue weighted by Crippen LogP contribution is -2.23. The molecule has 0 bridgehead atoms. The van der Waals surface area contributed by atoms with Gasteiger partial charge >= 0.3 is 0 Å². The SMILES string of the molecule is CCN(CC)c1cnnc(Nc2ccccc2Cl)n1. The minimum atomic E-state index is 0.442. The Bertz CT molecular complexity index is 542. The number of rotatable bonds is 5. The van der Waals surface area contributed by atoms with Gasteiger partial charge in [0.05, 0.1) is 16.9 Å². The number of aromatic nitrogens is 3. The number of benzene rings is 1. The van der Waals surface area contributed by atoms with Crippen molar-refractivity contribution in [2.24, 2.45) is 0 Å². The maximum Gasteiger partial charge on any atom is 0.249 e. The molecule has 1 heterocycles. The average molecular weight is 278 g/mol. The number of nitrogens with zero attached hydrogens (tertiary/aromatic N) is 4. The molecule has 0 fully saturated rings. The summed E-state index contributed by atoms with van der Waals surface area (Å²) in [4.78, 5) is 6.54. The lowest BCUT2D eigenvalue weighted by Gasteiger charge is -2.19. The molecule has 19 heavy (non-hydrogen) atoms. The highest BCUT2D eigenvalue weighted by atomic mass is 35.5. The quantitative estimate of drug-likeness (QED) is 0.910. The molecule has 1 aromatic carbocycles. The van der Waals surface area contributed by atoms with Crippen LogP contribution < -0.4 is 10.2 Å². The molecule has 0 amide bonds. The van der Waals surface area contributed by atoms with Crippen LogP contribution in [0.1, 0.15) is 13.8 Å². The number of hydrogen-bond acceptors (Lipinski definition) is 5. The molecule has 0 unspecified atom stereocenters. The summed E-state index contributed by atoms with van der Waals surface area (Å²) in [7, 11) is 0. The predicted molar refractivity (Wildman–Crippen MR) is 78.1 cm³/mol. The molecule has 0 radical (unpaired) electrons. The minimum Gasteiger partial charge on any atom is -0.356 e. The second kappa shape index (κ2) is 6.33. The fourth-order valence-corrected chi connectivity index (χ4v) is 1.91. The van der Waals surface area contributed by atoms with Crippen LogP contribution in [-0.2, 0) is 0 Å². The number of anilines is 3. The number of para-hydroxylation sites is 1. The molecular weight excluding hydrogens is 262 g/mol. The summed E-state index contributed by atoms with van der Waals surface area (Å²) in [5.74, 6) is 1.24. The van der Waals surface area contributed by atoms with Crippen LogP contribution in [0, 0.1) is 0 Å². The van der Waals surface area contributed by atoms with Gasteiger partial charge in [-0.1, -0.05) is 23.7 Å². The van der Waals surface area contributed by atoms with Crippen molar-refractivity contribution in [1.29, 1.82) is 0 Å². The molecular formula is C13H16ClN5. The third-order valence-corrected chi connectivity index (χ3v) is 3.08. The molecule has 2 rings (SSSR count). The van der Waals surface area contributed by atoms with E-state index in [9.17, 15) is 0 Å². The summed E-state index contributed by atoms with van der Waals surface area (Å²) >= 11 is 6.08. The van der Waals surface area contributed by atoms with Crippen LogP contribution >= 0.6 is 11.6 Å². The third-order valence-electron chi connectivity index (χ3n) is 2.75. The molecule has 100 valence electrons. The highest BCUT2D eigenvalue weighted by Crippen LogP contribution is 2.23. The third kappa shape index (κ3) is 3.32. The van der Waals surface area contributed by atoms with E-state index in [2.05, 4.69) is 39.2 Å². The number of nitrogens with one attached hydrogen (secondary N) is 1. The van der Waals surface area contributed by atoms with Crippen LogP contribution in [0.25, 0.3) is 0 Å². The van der Waals surface area contributed by atoms with Gasteiger partial charge in [0, 0.05) is 13.1 Å². The van der Waals surface area contributed by atoms with Crippen molar-refractivity contribution in [2.45, 2.75) is 13.8 Å². The fraction of sp³-hybridized carbons (Fsp3) is 0.308. The molecule has 5 nitrogen and oxygen atoms in total. The predicted octanol–water partition coefficient (Wildman–Crippen LogP) is 3.11. The second-order valence-corrected chi connectivity index (χ2v) is 4.32. The lowest BCUT2D eigenvalue weighted by molar-refractivity contribution is 0.826. The number of hydrogen-bond donors (Lipinski definition) is 1. The highest BCUT2D eigenvalue weighted by Gasteiger charge is 2.07. The van der Waals surface area contributed by atoms with E-state index in [1.807, 2.05) is 24.3 Å². The molecule has 2 aromatic rings. The van der Waals surface area contributed by atoms with Gasteiger partial charge in [0.15, 0.2) is 5.82 Å². The molecule has 0 spiro atoms. The minimum absolute atomic E-state index is 0.442. The van der Waals surface area contributed by atoms with Crippen LogP contribution in [-0.4, -0.2) is 28.3 Å². The van der Waals surface area contributed by atoms with Crippen LogP contribution in [0.5, 0.6) is 0 Å². The van der Waals surface area contributed by atoms with Crippen molar-refractivity contribution >= 4 is 29.1 Å². The standard InChI is InChI=1S/C13H16ClN5/c1-3-19(4-2)12-9-15-18-13(17-12)16-11-8-6-5-7-10(11)14/h5-9H,3-4H2,1-2H3,(H,16,17,18). The van der Waals surface area contributed by atoms with E-state index in [1.165, 1.54) is 0 Å². The van der Waals surface area contributed by atoms with E-state index in [1.54, 1.807) is 6.20 Å². The largest absolute Gasteiger partial charge is 0.356 e. The maximum absolute atomic E-state index is 6.08. The van der Waals surface area contributed by atoms with Gasteiger partial charge in [-0.25, -0.2) is 0 Å². The zero-order chi connectivity index (χ0) is 13.7. The molecule has 0 atom stereocenters. The smallest absolute Gasteiger partial charge is 0.249 e. The van der Waals surface area contributed by atoms with Crippen molar-refractivity contribution < 1.29 is 0 Å². The van der Waals surface area contributed by atoms with E-state index in [4.69, 9.17) is 11.6 Å². The van der Waals surface area contributed by atoms with Crippen LogP contribution in [0.3, 0.4) is 0 Å².